The van der Waals surface area contributed by atoms with Crippen LogP contribution in [0.1, 0.15) is 29.4 Å². The number of rotatable bonds is 4. The Morgan fingerprint density at radius 2 is 1.50 bits per heavy atom. The Hall–Kier alpha value is -1.71. The van der Waals surface area contributed by atoms with Gasteiger partial charge in [-0.3, -0.25) is 0 Å². The van der Waals surface area contributed by atoms with Gasteiger partial charge in [0.15, 0.2) is 0 Å². The highest BCUT2D eigenvalue weighted by Gasteiger charge is 2.25. The number of halogens is 3. The quantitative estimate of drug-likeness (QED) is 0.684. The molecule has 0 aliphatic rings. The third-order valence-corrected chi connectivity index (χ3v) is 4.44. The van der Waals surface area contributed by atoms with E-state index in [0.29, 0.717) is 15.1 Å². The fourth-order valence-electron chi connectivity index (χ4n) is 2.34. The van der Waals surface area contributed by atoms with E-state index in [0.717, 1.165) is 11.1 Å². The first kappa shape index (κ1) is 16.7. The summed E-state index contributed by atoms with van der Waals surface area (Å²) in [5, 5.41) is 20.1. The molecule has 110 valence electrons. The van der Waals surface area contributed by atoms with E-state index in [2.05, 4.69) is 12.1 Å². The first-order chi connectivity index (χ1) is 10.6. The molecule has 2 nitrogen and oxygen atoms in total. The molecule has 2 atom stereocenters. The standard InChI is InChI=1S/C17H11Cl3N2/c18-13-4-1-11(2-5-13)14(7-8-21)15(10-22)12-3-6-16(19)17(20)9-12/h1-6,9,14-15H,7H2/t14-,15-/m1/s1. The Morgan fingerprint density at radius 1 is 0.864 bits per heavy atom. The molecule has 0 unspecified atom stereocenters. The van der Waals surface area contributed by atoms with Gasteiger partial charge in [-0.15, -0.1) is 0 Å². The normalized spacial score (nSPS) is 13.0. The van der Waals surface area contributed by atoms with E-state index in [-0.39, 0.29) is 12.3 Å². The van der Waals surface area contributed by atoms with Crippen LogP contribution in [0.25, 0.3) is 0 Å². The van der Waals surface area contributed by atoms with Gasteiger partial charge in [0, 0.05) is 17.4 Å². The summed E-state index contributed by atoms with van der Waals surface area (Å²) in [6, 6.07) is 16.7. The van der Waals surface area contributed by atoms with E-state index in [1.165, 1.54) is 0 Å². The van der Waals surface area contributed by atoms with E-state index >= 15 is 0 Å². The van der Waals surface area contributed by atoms with Crippen LogP contribution in [0, 0.1) is 22.7 Å². The molecule has 0 aromatic heterocycles. The van der Waals surface area contributed by atoms with Crippen LogP contribution in [0.15, 0.2) is 42.5 Å². The summed E-state index contributed by atoms with van der Waals surface area (Å²) in [5.74, 6) is -0.750. The van der Waals surface area contributed by atoms with E-state index in [1.807, 2.05) is 12.1 Å². The summed E-state index contributed by atoms with van der Waals surface area (Å²) < 4.78 is 0. The maximum atomic E-state index is 9.59. The van der Waals surface area contributed by atoms with Gasteiger partial charge >= 0.3 is 0 Å². The van der Waals surface area contributed by atoms with E-state index in [4.69, 9.17) is 40.1 Å². The molecule has 5 heteroatoms. The Bertz CT molecular complexity index is 742. The smallest absolute Gasteiger partial charge is 0.0791 e. The SMILES string of the molecule is N#CC[C@H](c1ccc(Cl)cc1)[C@H](C#N)c1ccc(Cl)c(Cl)c1. The third kappa shape index (κ3) is 3.73. The zero-order chi connectivity index (χ0) is 16.1. The maximum Gasteiger partial charge on any atom is 0.0791 e. The average Bonchev–Trinajstić information content (AvgIpc) is 2.51. The topological polar surface area (TPSA) is 47.6 Å². The van der Waals surface area contributed by atoms with Crippen LogP contribution in [-0.2, 0) is 0 Å². The van der Waals surface area contributed by atoms with Crippen LogP contribution in [0.4, 0.5) is 0 Å². The van der Waals surface area contributed by atoms with Gasteiger partial charge in [0.05, 0.1) is 28.1 Å². The molecule has 0 bridgehead atoms. The summed E-state index contributed by atoms with van der Waals surface area (Å²) in [7, 11) is 0. The summed E-state index contributed by atoms with van der Waals surface area (Å²) in [6.45, 7) is 0. The van der Waals surface area contributed by atoms with Gasteiger partial charge in [0.2, 0.25) is 0 Å². The highest BCUT2D eigenvalue weighted by molar-refractivity contribution is 6.42. The first-order valence-corrected chi connectivity index (χ1v) is 7.67. The Kier molecular flexibility index (Phi) is 5.69. The summed E-state index contributed by atoms with van der Waals surface area (Å²) in [5.41, 5.74) is 1.63. The monoisotopic (exact) mass is 348 g/mol. The molecule has 0 fully saturated rings. The molecule has 0 amide bonds. The summed E-state index contributed by atoms with van der Waals surface area (Å²) in [6.07, 6.45) is 0.222. The zero-order valence-electron chi connectivity index (χ0n) is 11.4. The highest BCUT2D eigenvalue weighted by atomic mass is 35.5. The molecule has 0 aliphatic heterocycles. The average molecular weight is 350 g/mol. The number of benzene rings is 2. The summed E-state index contributed by atoms with van der Waals surface area (Å²) >= 11 is 17.9. The van der Waals surface area contributed by atoms with Crippen molar-refractivity contribution in [1.29, 1.82) is 10.5 Å². The predicted octanol–water partition coefficient (Wildman–Crippen LogP) is 5.95. The number of hydrogen-bond acceptors (Lipinski definition) is 2. The molecule has 2 rings (SSSR count). The second kappa shape index (κ2) is 7.52. The molecule has 0 radical (unpaired) electrons. The molecular formula is C17H11Cl3N2. The predicted molar refractivity (Wildman–Crippen MR) is 89.2 cm³/mol. The number of nitriles is 2. The minimum absolute atomic E-state index is 0.222. The van der Waals surface area contributed by atoms with Crippen molar-refractivity contribution >= 4 is 34.8 Å². The molecule has 0 saturated heterocycles. The maximum absolute atomic E-state index is 9.59. The van der Waals surface area contributed by atoms with E-state index < -0.39 is 5.92 Å². The molecule has 22 heavy (non-hydrogen) atoms. The lowest BCUT2D eigenvalue weighted by molar-refractivity contribution is 0.641. The Morgan fingerprint density at radius 3 is 2.05 bits per heavy atom. The van der Waals surface area contributed by atoms with Crippen LogP contribution >= 0.6 is 34.8 Å². The molecule has 0 heterocycles. The molecular weight excluding hydrogens is 339 g/mol. The van der Waals surface area contributed by atoms with Gasteiger partial charge in [-0.25, -0.2) is 0 Å². The van der Waals surface area contributed by atoms with Crippen molar-refractivity contribution in [3.63, 3.8) is 0 Å². The fourth-order valence-corrected chi connectivity index (χ4v) is 2.77. The first-order valence-electron chi connectivity index (χ1n) is 6.53. The van der Waals surface area contributed by atoms with Gasteiger partial charge in [-0.2, -0.15) is 10.5 Å². The van der Waals surface area contributed by atoms with Crippen molar-refractivity contribution in [2.75, 3.05) is 0 Å². The van der Waals surface area contributed by atoms with Gasteiger partial charge in [0.25, 0.3) is 0 Å². The Labute approximate surface area is 144 Å². The third-order valence-electron chi connectivity index (χ3n) is 3.45. The van der Waals surface area contributed by atoms with Crippen LogP contribution in [0.2, 0.25) is 15.1 Å². The number of hydrogen-bond donors (Lipinski definition) is 0. The Balaban J connectivity index is 2.44. The van der Waals surface area contributed by atoms with Gasteiger partial charge < -0.3 is 0 Å². The minimum Gasteiger partial charge on any atom is -0.198 e. The zero-order valence-corrected chi connectivity index (χ0v) is 13.7. The molecule has 2 aromatic carbocycles. The van der Waals surface area contributed by atoms with Gasteiger partial charge in [0.1, 0.15) is 0 Å². The molecule has 0 spiro atoms. The lowest BCUT2D eigenvalue weighted by atomic mass is 9.80. The second-order valence-electron chi connectivity index (χ2n) is 4.80. The van der Waals surface area contributed by atoms with Crippen LogP contribution in [0.3, 0.4) is 0 Å². The fraction of sp³-hybridized carbons (Fsp3) is 0.176. The van der Waals surface area contributed by atoms with E-state index in [1.54, 1.807) is 30.3 Å². The molecule has 2 aromatic rings. The van der Waals surface area contributed by atoms with Gasteiger partial charge in [-0.1, -0.05) is 53.0 Å². The minimum atomic E-state index is -0.490. The second-order valence-corrected chi connectivity index (χ2v) is 6.05. The highest BCUT2D eigenvalue weighted by Crippen LogP contribution is 2.37. The molecule has 0 aliphatic carbocycles. The van der Waals surface area contributed by atoms with E-state index in [9.17, 15) is 5.26 Å². The van der Waals surface area contributed by atoms with Crippen molar-refractivity contribution in [3.05, 3.63) is 68.7 Å². The van der Waals surface area contributed by atoms with Crippen LogP contribution < -0.4 is 0 Å². The van der Waals surface area contributed by atoms with Crippen molar-refractivity contribution in [2.24, 2.45) is 0 Å². The summed E-state index contributed by atoms with van der Waals surface area (Å²) in [4.78, 5) is 0. The lowest BCUT2D eigenvalue weighted by Crippen LogP contribution is -2.10. The van der Waals surface area contributed by atoms with Gasteiger partial charge in [-0.05, 0) is 35.4 Å². The molecule has 0 saturated carbocycles. The lowest BCUT2D eigenvalue weighted by Gasteiger charge is -2.21. The molecule has 0 N–H and O–H groups in total. The van der Waals surface area contributed by atoms with Crippen molar-refractivity contribution in [2.45, 2.75) is 18.3 Å². The van der Waals surface area contributed by atoms with Crippen molar-refractivity contribution in [3.8, 4) is 12.1 Å². The van der Waals surface area contributed by atoms with Crippen molar-refractivity contribution in [1.82, 2.24) is 0 Å². The van der Waals surface area contributed by atoms with Crippen molar-refractivity contribution < 1.29 is 0 Å². The largest absolute Gasteiger partial charge is 0.198 e. The van der Waals surface area contributed by atoms with Crippen LogP contribution in [0.5, 0.6) is 0 Å². The number of nitrogens with zero attached hydrogens (tertiary/aromatic N) is 2. The van der Waals surface area contributed by atoms with Crippen LogP contribution in [-0.4, -0.2) is 0 Å².